The fraction of sp³-hybridized carbons (Fsp3) is 0.417. The minimum atomic E-state index is -0.185. The number of hydroxylamine groups is 2. The molecule has 0 spiro atoms. The number of rotatable bonds is 3. The zero-order chi connectivity index (χ0) is 12.3. The zero-order valence-corrected chi connectivity index (χ0v) is 10.0. The number of carbonyl (C=O) groups excluding carboxylic acids is 1. The van der Waals surface area contributed by atoms with Crippen LogP contribution in [0.2, 0.25) is 0 Å². The summed E-state index contributed by atoms with van der Waals surface area (Å²) >= 11 is 0. The summed E-state index contributed by atoms with van der Waals surface area (Å²) in [4.78, 5) is 17.2. The molecule has 0 bridgehead atoms. The lowest BCUT2D eigenvalue weighted by Gasteiger charge is -2.24. The molecule has 1 aromatic rings. The lowest BCUT2D eigenvalue weighted by molar-refractivity contribution is -0.0916. The Morgan fingerprint density at radius 2 is 2.41 bits per heavy atom. The molecular weight excluding hydrogens is 220 g/mol. The largest absolute Gasteiger partial charge is 0.489 e. The molecule has 2 rings (SSSR count). The number of hydrogen-bond donors (Lipinski definition) is 1. The Bertz CT molecular complexity index is 416. The van der Waals surface area contributed by atoms with Gasteiger partial charge in [0.15, 0.2) is 5.75 Å². The van der Waals surface area contributed by atoms with E-state index in [9.17, 15) is 4.79 Å². The second-order valence-corrected chi connectivity index (χ2v) is 3.64. The molecule has 0 atom stereocenters. The molecule has 92 valence electrons. The number of nitrogens with one attached hydrogen (secondary N) is 1. The molecule has 1 heterocycles. The van der Waals surface area contributed by atoms with Gasteiger partial charge in [-0.3, -0.25) is 9.63 Å². The summed E-state index contributed by atoms with van der Waals surface area (Å²) in [6.45, 7) is 3.67. The zero-order valence-electron chi connectivity index (χ0n) is 10.0. The third kappa shape index (κ3) is 2.19. The van der Waals surface area contributed by atoms with Gasteiger partial charge in [0, 0.05) is 13.1 Å². The first-order valence-electron chi connectivity index (χ1n) is 5.63. The number of hydrogen-bond acceptors (Lipinski definition) is 4. The fourth-order valence-electron chi connectivity index (χ4n) is 1.83. The summed E-state index contributed by atoms with van der Waals surface area (Å²) < 4.78 is 5.55. The van der Waals surface area contributed by atoms with E-state index in [-0.39, 0.29) is 5.91 Å². The van der Waals surface area contributed by atoms with Crippen molar-refractivity contribution in [2.75, 3.05) is 32.1 Å². The third-order valence-corrected chi connectivity index (χ3v) is 2.64. The van der Waals surface area contributed by atoms with Crippen molar-refractivity contribution < 1.29 is 14.4 Å². The van der Waals surface area contributed by atoms with E-state index in [1.807, 2.05) is 19.1 Å². The second kappa shape index (κ2) is 5.05. The van der Waals surface area contributed by atoms with Crippen LogP contribution in [0.5, 0.6) is 5.75 Å². The van der Waals surface area contributed by atoms with Crippen molar-refractivity contribution >= 4 is 11.6 Å². The fourth-order valence-corrected chi connectivity index (χ4v) is 1.83. The SMILES string of the molecule is CCN(OC)C(=O)c1cccc2c1OCCN2. The lowest BCUT2D eigenvalue weighted by atomic mass is 10.1. The molecule has 1 aliphatic rings. The monoisotopic (exact) mass is 236 g/mol. The van der Waals surface area contributed by atoms with Crippen molar-refractivity contribution in [1.82, 2.24) is 5.06 Å². The van der Waals surface area contributed by atoms with Crippen molar-refractivity contribution in [3.63, 3.8) is 0 Å². The summed E-state index contributed by atoms with van der Waals surface area (Å²) in [5.74, 6) is 0.426. The highest BCUT2D eigenvalue weighted by molar-refractivity contribution is 5.98. The summed E-state index contributed by atoms with van der Waals surface area (Å²) in [6.07, 6.45) is 0. The molecule has 0 fully saturated rings. The van der Waals surface area contributed by atoms with Crippen molar-refractivity contribution in [3.8, 4) is 5.75 Å². The first-order valence-corrected chi connectivity index (χ1v) is 5.63. The predicted molar refractivity (Wildman–Crippen MR) is 64.1 cm³/mol. The maximum absolute atomic E-state index is 12.2. The van der Waals surface area contributed by atoms with E-state index in [4.69, 9.17) is 9.57 Å². The maximum Gasteiger partial charge on any atom is 0.281 e. The number of para-hydroxylation sites is 1. The van der Waals surface area contributed by atoms with Gasteiger partial charge in [-0.05, 0) is 19.1 Å². The number of benzene rings is 1. The van der Waals surface area contributed by atoms with Crippen LogP contribution in [0.15, 0.2) is 18.2 Å². The molecule has 1 N–H and O–H groups in total. The highest BCUT2D eigenvalue weighted by atomic mass is 16.7. The van der Waals surface area contributed by atoms with E-state index in [0.717, 1.165) is 12.2 Å². The quantitative estimate of drug-likeness (QED) is 0.808. The van der Waals surface area contributed by atoms with Crippen LogP contribution in [0.1, 0.15) is 17.3 Å². The van der Waals surface area contributed by atoms with Crippen molar-refractivity contribution in [2.45, 2.75) is 6.92 Å². The van der Waals surface area contributed by atoms with Crippen LogP contribution in [-0.2, 0) is 4.84 Å². The molecule has 1 aliphatic heterocycles. The highest BCUT2D eigenvalue weighted by Gasteiger charge is 2.22. The van der Waals surface area contributed by atoms with E-state index in [1.54, 1.807) is 6.07 Å². The van der Waals surface area contributed by atoms with Crippen LogP contribution in [0.25, 0.3) is 0 Å². The molecule has 1 aromatic carbocycles. The van der Waals surface area contributed by atoms with Crippen molar-refractivity contribution in [1.29, 1.82) is 0 Å². The average molecular weight is 236 g/mol. The summed E-state index contributed by atoms with van der Waals surface area (Å²) in [7, 11) is 1.48. The number of ether oxygens (including phenoxy) is 1. The number of anilines is 1. The van der Waals surface area contributed by atoms with Gasteiger partial charge < -0.3 is 10.1 Å². The lowest BCUT2D eigenvalue weighted by Crippen LogP contribution is -2.31. The van der Waals surface area contributed by atoms with E-state index in [1.165, 1.54) is 12.2 Å². The van der Waals surface area contributed by atoms with Crippen molar-refractivity contribution in [3.05, 3.63) is 23.8 Å². The number of nitrogens with zero attached hydrogens (tertiary/aromatic N) is 1. The Morgan fingerprint density at radius 1 is 1.59 bits per heavy atom. The molecule has 17 heavy (non-hydrogen) atoms. The van der Waals surface area contributed by atoms with Gasteiger partial charge in [0.1, 0.15) is 6.61 Å². The third-order valence-electron chi connectivity index (χ3n) is 2.64. The minimum absolute atomic E-state index is 0.185. The number of carbonyl (C=O) groups is 1. The Labute approximate surface area is 100 Å². The predicted octanol–water partition coefficient (Wildman–Crippen LogP) is 1.51. The first-order chi connectivity index (χ1) is 8.27. The van der Waals surface area contributed by atoms with Gasteiger partial charge in [-0.25, -0.2) is 5.06 Å². The molecule has 0 unspecified atom stereocenters. The van der Waals surface area contributed by atoms with Gasteiger partial charge >= 0.3 is 0 Å². The van der Waals surface area contributed by atoms with Crippen LogP contribution < -0.4 is 10.1 Å². The van der Waals surface area contributed by atoms with Gasteiger partial charge in [-0.15, -0.1) is 0 Å². The van der Waals surface area contributed by atoms with Crippen LogP contribution in [-0.4, -0.2) is 37.8 Å². The first kappa shape index (κ1) is 11.7. The Morgan fingerprint density at radius 3 is 3.12 bits per heavy atom. The van der Waals surface area contributed by atoms with E-state index >= 15 is 0 Å². The molecule has 0 aliphatic carbocycles. The molecule has 1 amide bonds. The Balaban J connectivity index is 2.35. The molecule has 0 saturated heterocycles. The van der Waals surface area contributed by atoms with Crippen LogP contribution in [0.4, 0.5) is 5.69 Å². The number of fused-ring (bicyclic) bond motifs is 1. The van der Waals surface area contributed by atoms with Crippen LogP contribution in [0, 0.1) is 0 Å². The van der Waals surface area contributed by atoms with E-state index in [0.29, 0.717) is 24.5 Å². The Kier molecular flexibility index (Phi) is 3.49. The number of amides is 1. The van der Waals surface area contributed by atoms with Gasteiger partial charge in [0.05, 0.1) is 18.4 Å². The summed E-state index contributed by atoms with van der Waals surface area (Å²) in [5.41, 5.74) is 1.38. The maximum atomic E-state index is 12.2. The summed E-state index contributed by atoms with van der Waals surface area (Å²) in [6, 6.07) is 5.47. The molecule has 0 radical (unpaired) electrons. The van der Waals surface area contributed by atoms with Gasteiger partial charge in [-0.2, -0.15) is 0 Å². The van der Waals surface area contributed by atoms with Gasteiger partial charge in [0.25, 0.3) is 5.91 Å². The van der Waals surface area contributed by atoms with E-state index < -0.39 is 0 Å². The van der Waals surface area contributed by atoms with Gasteiger partial charge in [-0.1, -0.05) is 6.07 Å². The molecule has 5 heteroatoms. The van der Waals surface area contributed by atoms with Gasteiger partial charge in [0.2, 0.25) is 0 Å². The molecule has 0 aromatic heterocycles. The smallest absolute Gasteiger partial charge is 0.281 e. The van der Waals surface area contributed by atoms with E-state index in [2.05, 4.69) is 5.32 Å². The Hall–Kier alpha value is -1.75. The normalized spacial score (nSPS) is 13.3. The van der Waals surface area contributed by atoms with Crippen LogP contribution in [0.3, 0.4) is 0 Å². The van der Waals surface area contributed by atoms with Crippen molar-refractivity contribution in [2.24, 2.45) is 0 Å². The molecule has 5 nitrogen and oxygen atoms in total. The minimum Gasteiger partial charge on any atom is -0.489 e. The van der Waals surface area contributed by atoms with Crippen LogP contribution >= 0.6 is 0 Å². The standard InChI is InChI=1S/C12H16N2O3/c1-3-14(16-2)12(15)9-5-4-6-10-11(9)17-8-7-13-10/h4-6,13H,3,7-8H2,1-2H3. The second-order valence-electron chi connectivity index (χ2n) is 3.64. The molecule has 0 saturated carbocycles. The average Bonchev–Trinajstić information content (AvgIpc) is 2.39. The highest BCUT2D eigenvalue weighted by Crippen LogP contribution is 2.31. The molecular formula is C12H16N2O3. The summed E-state index contributed by atoms with van der Waals surface area (Å²) in [5, 5.41) is 4.50. The topological polar surface area (TPSA) is 50.8 Å².